The molecular formula is C32H33F2N7O7S. The number of halogens is 2. The maximum Gasteiger partial charge on any atom is 0.352 e. The fourth-order valence-electron chi connectivity index (χ4n) is 6.25. The molecule has 14 nitrogen and oxygen atoms in total. The molecule has 1 fully saturated rings. The van der Waals surface area contributed by atoms with E-state index in [1.54, 1.807) is 13.8 Å². The number of aromatic nitrogens is 3. The van der Waals surface area contributed by atoms with E-state index in [0.29, 0.717) is 36.7 Å². The number of primary amides is 1. The Bertz CT molecular complexity index is 2080. The van der Waals surface area contributed by atoms with Crippen LogP contribution in [0.15, 0.2) is 53.6 Å². The minimum Gasteiger partial charge on any atom is -0.488 e. The molecule has 49 heavy (non-hydrogen) atoms. The van der Waals surface area contributed by atoms with Crippen LogP contribution in [0.2, 0.25) is 0 Å². The van der Waals surface area contributed by atoms with E-state index in [2.05, 4.69) is 20.4 Å². The fraction of sp³-hybridized carbons (Fsp3) is 0.312. The Morgan fingerprint density at radius 2 is 1.76 bits per heavy atom. The Morgan fingerprint density at radius 1 is 1.08 bits per heavy atom. The molecule has 6 rings (SSSR count). The van der Waals surface area contributed by atoms with Crippen LogP contribution in [0.5, 0.6) is 5.75 Å². The molecule has 0 atom stereocenters. The number of nitrogens with two attached hydrogens (primary N) is 1. The van der Waals surface area contributed by atoms with E-state index in [-0.39, 0.29) is 52.3 Å². The summed E-state index contributed by atoms with van der Waals surface area (Å²) in [6.45, 7) is 4.32. The number of aromatic carboxylic acids is 1. The van der Waals surface area contributed by atoms with Gasteiger partial charge in [-0.25, -0.2) is 22.0 Å². The van der Waals surface area contributed by atoms with Crippen molar-refractivity contribution in [3.8, 4) is 11.4 Å². The van der Waals surface area contributed by atoms with Crippen LogP contribution >= 0.6 is 0 Å². The Kier molecular flexibility index (Phi) is 8.54. The maximum absolute atomic E-state index is 14.0. The highest BCUT2D eigenvalue weighted by atomic mass is 32.2. The zero-order valence-electron chi connectivity index (χ0n) is 26.7. The number of hydrogen-bond acceptors (Lipinski definition) is 8. The molecule has 2 aliphatic rings. The van der Waals surface area contributed by atoms with Crippen molar-refractivity contribution in [2.75, 3.05) is 25.5 Å². The quantitative estimate of drug-likeness (QED) is 0.203. The first-order chi connectivity index (χ1) is 23.1. The van der Waals surface area contributed by atoms with E-state index in [1.807, 2.05) is 7.05 Å². The average Bonchev–Trinajstić information content (AvgIpc) is 3.74. The summed E-state index contributed by atoms with van der Waals surface area (Å²) in [6.07, 6.45) is 2.57. The number of carboxylic acid groups (broad SMARTS) is 1. The number of carbonyl (C=O) groups is 3. The van der Waals surface area contributed by atoms with Gasteiger partial charge in [0.15, 0.2) is 5.82 Å². The van der Waals surface area contributed by atoms with Gasteiger partial charge in [-0.3, -0.25) is 14.7 Å². The van der Waals surface area contributed by atoms with Crippen molar-refractivity contribution < 1.29 is 41.4 Å². The van der Waals surface area contributed by atoms with Crippen molar-refractivity contribution in [2.45, 2.75) is 49.8 Å². The van der Waals surface area contributed by atoms with Crippen LogP contribution < -0.4 is 15.8 Å². The summed E-state index contributed by atoms with van der Waals surface area (Å²) in [5.74, 6) is -5.09. The summed E-state index contributed by atoms with van der Waals surface area (Å²) in [4.78, 5) is 40.2. The van der Waals surface area contributed by atoms with Crippen molar-refractivity contribution in [2.24, 2.45) is 5.73 Å². The number of anilines is 1. The molecule has 4 aromatic rings. The van der Waals surface area contributed by atoms with Crippen LogP contribution in [-0.2, 0) is 22.1 Å². The standard InChI is InChI=1S/C32H33F2N7O7S/c1-32(2)27-23(16-41(32)49(46,47)20-12-17(33)11-18(34)13-20)29(38-37-27)36-30(43)22-14-25(40-8-4-5-24(40)31(44)45)26(15-21(22)28(35)42)48-19-6-9-39(3)10-7-19/h4-5,8,11-15,19H,6-7,9-10,16H2,1-3H3,(H2,35,42)(H,44,45)(H2,36,37,38,43). The van der Waals surface area contributed by atoms with Crippen LogP contribution in [-0.4, -0.2) is 81.5 Å². The van der Waals surface area contributed by atoms with Gasteiger partial charge in [0, 0.05) is 37.5 Å². The van der Waals surface area contributed by atoms with Crippen molar-refractivity contribution in [3.63, 3.8) is 0 Å². The molecule has 2 aromatic heterocycles. The lowest BCUT2D eigenvalue weighted by molar-refractivity contribution is 0.0687. The minimum atomic E-state index is -4.44. The molecule has 0 saturated carbocycles. The number of fused-ring (bicyclic) bond motifs is 1. The minimum absolute atomic E-state index is 0.0630. The topological polar surface area (TPSA) is 193 Å². The van der Waals surface area contributed by atoms with E-state index in [4.69, 9.17) is 10.5 Å². The third-order valence-electron chi connectivity index (χ3n) is 8.86. The van der Waals surface area contributed by atoms with Gasteiger partial charge in [-0.1, -0.05) is 0 Å². The second-order valence-corrected chi connectivity index (χ2v) is 14.3. The fourth-order valence-corrected chi connectivity index (χ4v) is 8.02. The summed E-state index contributed by atoms with van der Waals surface area (Å²) in [5, 5.41) is 19.4. The number of amides is 2. The highest BCUT2D eigenvalue weighted by molar-refractivity contribution is 7.89. The van der Waals surface area contributed by atoms with Gasteiger partial charge in [-0.2, -0.15) is 9.40 Å². The first kappa shape index (κ1) is 33.8. The number of nitrogens with zero attached hydrogens (tertiary/aromatic N) is 4. The molecule has 2 aromatic carbocycles. The first-order valence-corrected chi connectivity index (χ1v) is 16.6. The number of rotatable bonds is 9. The molecule has 2 aliphatic heterocycles. The Balaban J connectivity index is 1.37. The van der Waals surface area contributed by atoms with Gasteiger partial charge in [-0.05, 0) is 70.1 Å². The van der Waals surface area contributed by atoms with Crippen LogP contribution in [0.1, 0.15) is 69.2 Å². The molecule has 17 heteroatoms. The molecule has 1 saturated heterocycles. The second kappa shape index (κ2) is 12.4. The average molecular weight is 698 g/mol. The zero-order chi connectivity index (χ0) is 35.4. The van der Waals surface area contributed by atoms with Crippen molar-refractivity contribution in [1.82, 2.24) is 24.0 Å². The molecule has 0 spiro atoms. The number of hydrogen-bond donors (Lipinski definition) is 4. The molecule has 2 amide bonds. The smallest absolute Gasteiger partial charge is 0.352 e. The summed E-state index contributed by atoms with van der Waals surface area (Å²) in [7, 11) is -2.46. The first-order valence-electron chi connectivity index (χ1n) is 15.2. The van der Waals surface area contributed by atoms with Crippen molar-refractivity contribution in [3.05, 3.63) is 88.4 Å². The largest absolute Gasteiger partial charge is 0.488 e. The normalized spacial score (nSPS) is 16.8. The van der Waals surface area contributed by atoms with Crippen LogP contribution in [0.3, 0.4) is 0 Å². The monoisotopic (exact) mass is 697 g/mol. The lowest BCUT2D eigenvalue weighted by atomic mass is 10.0. The molecular weight excluding hydrogens is 664 g/mol. The van der Waals surface area contributed by atoms with Crippen LogP contribution in [0, 0.1) is 11.6 Å². The predicted molar refractivity (Wildman–Crippen MR) is 171 cm³/mol. The summed E-state index contributed by atoms with van der Waals surface area (Å²) in [5.41, 5.74) is 4.65. The number of nitrogens with one attached hydrogen (secondary N) is 2. The van der Waals surface area contributed by atoms with Gasteiger partial charge >= 0.3 is 5.97 Å². The molecule has 0 radical (unpaired) electrons. The van der Waals surface area contributed by atoms with Crippen molar-refractivity contribution >= 4 is 33.6 Å². The molecule has 0 bridgehead atoms. The number of likely N-dealkylation sites (tertiary alicyclic amines) is 1. The lowest BCUT2D eigenvalue weighted by Gasteiger charge is -2.30. The summed E-state index contributed by atoms with van der Waals surface area (Å²) in [6, 6.07) is 7.48. The Hall–Kier alpha value is -5.13. The molecule has 0 unspecified atom stereocenters. The highest BCUT2D eigenvalue weighted by Crippen LogP contribution is 2.44. The summed E-state index contributed by atoms with van der Waals surface area (Å²) < 4.78 is 63.7. The molecule has 258 valence electrons. The van der Waals surface area contributed by atoms with E-state index < -0.39 is 49.9 Å². The number of carbonyl (C=O) groups excluding carboxylic acids is 2. The van der Waals surface area contributed by atoms with E-state index in [9.17, 15) is 36.7 Å². The van der Waals surface area contributed by atoms with E-state index >= 15 is 0 Å². The molecule has 0 aliphatic carbocycles. The van der Waals surface area contributed by atoms with Gasteiger partial charge in [0.1, 0.15) is 29.2 Å². The predicted octanol–water partition coefficient (Wildman–Crippen LogP) is 3.44. The molecule has 5 N–H and O–H groups in total. The number of ether oxygens (including phenoxy) is 1. The number of H-pyrrole nitrogens is 1. The van der Waals surface area contributed by atoms with Crippen molar-refractivity contribution in [1.29, 1.82) is 0 Å². The van der Waals surface area contributed by atoms with Crippen LogP contribution in [0.4, 0.5) is 14.6 Å². The van der Waals surface area contributed by atoms with E-state index in [1.165, 1.54) is 35.0 Å². The lowest BCUT2D eigenvalue weighted by Crippen LogP contribution is -2.40. The number of aromatic amines is 1. The van der Waals surface area contributed by atoms with Crippen LogP contribution in [0.25, 0.3) is 5.69 Å². The summed E-state index contributed by atoms with van der Waals surface area (Å²) >= 11 is 0. The number of carboxylic acids is 1. The van der Waals surface area contributed by atoms with Gasteiger partial charge in [0.05, 0.1) is 32.9 Å². The van der Waals surface area contributed by atoms with Gasteiger partial charge in [0.2, 0.25) is 15.9 Å². The number of piperidine rings is 1. The third-order valence-corrected chi connectivity index (χ3v) is 10.9. The van der Waals surface area contributed by atoms with E-state index in [0.717, 1.165) is 17.4 Å². The Morgan fingerprint density at radius 3 is 2.39 bits per heavy atom. The van der Waals surface area contributed by atoms with Gasteiger partial charge in [0.25, 0.3) is 5.91 Å². The maximum atomic E-state index is 14.0. The number of benzene rings is 2. The zero-order valence-corrected chi connectivity index (χ0v) is 27.5. The SMILES string of the molecule is CN1CCC(Oc2cc(C(N)=O)c(C(=O)Nc3n[nH]c4c3CN(S(=O)(=O)c3cc(F)cc(F)c3)C4(C)C)cc2-n2cccc2C(=O)O)CC1. The third kappa shape index (κ3) is 6.15. The van der Waals surface area contributed by atoms with Gasteiger partial charge < -0.3 is 30.4 Å². The molecule has 4 heterocycles. The second-order valence-electron chi connectivity index (χ2n) is 12.5. The highest BCUT2D eigenvalue weighted by Gasteiger charge is 2.48. The Labute approximate surface area is 279 Å². The van der Waals surface area contributed by atoms with Gasteiger partial charge in [-0.15, -0.1) is 0 Å². The number of sulfonamides is 1.